The Morgan fingerprint density at radius 2 is 1.17 bits per heavy atom. The van der Waals surface area contributed by atoms with E-state index in [2.05, 4.69) is 0 Å². The fourth-order valence-electron chi connectivity index (χ4n) is 3.09. The summed E-state index contributed by atoms with van der Waals surface area (Å²) in [6.45, 7) is 0. The third-order valence-corrected chi connectivity index (χ3v) is 4.58. The first-order valence-electron chi connectivity index (χ1n) is 9.23. The van der Waals surface area contributed by atoms with Gasteiger partial charge in [0.05, 0.1) is 0 Å². The molecule has 0 aliphatic carbocycles. The van der Waals surface area contributed by atoms with Gasteiger partial charge in [0, 0.05) is 28.6 Å². The second kappa shape index (κ2) is 7.90. The van der Waals surface area contributed by atoms with Crippen LogP contribution in [0.15, 0.2) is 97.1 Å². The van der Waals surface area contributed by atoms with Crippen LogP contribution in [0.3, 0.4) is 0 Å². The average Bonchev–Trinajstić information content (AvgIpc) is 2.74. The molecule has 29 heavy (non-hydrogen) atoms. The number of nitrogens with two attached hydrogens (primary N) is 2. The Morgan fingerprint density at radius 3 is 1.79 bits per heavy atom. The molecule has 0 saturated carbocycles. The molecule has 4 aromatic carbocycles. The lowest BCUT2D eigenvalue weighted by molar-refractivity contribution is 0.103. The molecule has 4 N–H and O–H groups in total. The largest absolute Gasteiger partial charge is 0.457 e. The number of hydrogen-bond acceptors (Lipinski definition) is 4. The quantitative estimate of drug-likeness (QED) is 0.352. The summed E-state index contributed by atoms with van der Waals surface area (Å²) in [5, 5.41) is 0. The van der Waals surface area contributed by atoms with Gasteiger partial charge in [0.15, 0.2) is 5.78 Å². The molecule has 0 aliphatic rings. The van der Waals surface area contributed by atoms with Crippen LogP contribution in [0.2, 0.25) is 0 Å². The van der Waals surface area contributed by atoms with E-state index in [1.165, 1.54) is 0 Å². The standard InChI is InChI=1S/C25H20N2O2/c26-21-4-1-3-20(15-21)25(28)19-9-7-17(8-10-19)18-11-13-23(14-12-18)29-24-6-2-5-22(27)16-24/h1-16H,26-27H2. The Balaban J connectivity index is 1.49. The van der Waals surface area contributed by atoms with Gasteiger partial charge in [-0.25, -0.2) is 0 Å². The second-order valence-electron chi connectivity index (χ2n) is 6.73. The molecule has 0 heterocycles. The van der Waals surface area contributed by atoms with Gasteiger partial charge in [-0.15, -0.1) is 0 Å². The highest BCUT2D eigenvalue weighted by Gasteiger charge is 2.09. The first kappa shape index (κ1) is 18.3. The molecule has 0 bridgehead atoms. The van der Waals surface area contributed by atoms with Crippen LogP contribution in [0.25, 0.3) is 11.1 Å². The van der Waals surface area contributed by atoms with Crippen molar-refractivity contribution in [2.24, 2.45) is 0 Å². The van der Waals surface area contributed by atoms with Crippen LogP contribution in [0.5, 0.6) is 11.5 Å². The summed E-state index contributed by atoms with van der Waals surface area (Å²) >= 11 is 0. The summed E-state index contributed by atoms with van der Waals surface area (Å²) in [7, 11) is 0. The van der Waals surface area contributed by atoms with Crippen LogP contribution < -0.4 is 16.2 Å². The van der Waals surface area contributed by atoms with E-state index < -0.39 is 0 Å². The Morgan fingerprint density at radius 1 is 0.586 bits per heavy atom. The predicted molar refractivity (Wildman–Crippen MR) is 117 cm³/mol. The molecule has 4 rings (SSSR count). The molecule has 4 aromatic rings. The number of hydrogen-bond donors (Lipinski definition) is 2. The molecule has 0 atom stereocenters. The van der Waals surface area contributed by atoms with Gasteiger partial charge < -0.3 is 16.2 Å². The molecule has 0 unspecified atom stereocenters. The van der Waals surface area contributed by atoms with Crippen LogP contribution in [0.4, 0.5) is 11.4 Å². The highest BCUT2D eigenvalue weighted by atomic mass is 16.5. The zero-order valence-corrected chi connectivity index (χ0v) is 15.7. The Bertz CT molecular complexity index is 1150. The highest BCUT2D eigenvalue weighted by molar-refractivity contribution is 6.09. The Hall–Kier alpha value is -4.05. The van der Waals surface area contributed by atoms with Crippen molar-refractivity contribution in [2.75, 3.05) is 11.5 Å². The number of nitrogen functional groups attached to an aromatic ring is 2. The number of ketones is 1. The number of carbonyl (C=O) groups is 1. The number of ether oxygens (including phenoxy) is 1. The van der Waals surface area contributed by atoms with E-state index in [9.17, 15) is 4.79 Å². The van der Waals surface area contributed by atoms with Crippen molar-refractivity contribution in [3.05, 3.63) is 108 Å². The fraction of sp³-hybridized carbons (Fsp3) is 0. The molecule has 4 heteroatoms. The van der Waals surface area contributed by atoms with Crippen LogP contribution in [0, 0.1) is 0 Å². The lowest BCUT2D eigenvalue weighted by atomic mass is 9.99. The zero-order valence-electron chi connectivity index (χ0n) is 15.7. The lowest BCUT2D eigenvalue weighted by Gasteiger charge is -2.08. The summed E-state index contributed by atoms with van der Waals surface area (Å²) in [6, 6.07) is 29.6. The first-order valence-corrected chi connectivity index (χ1v) is 9.23. The van der Waals surface area contributed by atoms with E-state index in [1.807, 2.05) is 66.7 Å². The SMILES string of the molecule is Nc1cccc(Oc2ccc(-c3ccc(C(=O)c4cccc(N)c4)cc3)cc2)c1. The van der Waals surface area contributed by atoms with Gasteiger partial charge in [0.1, 0.15) is 11.5 Å². The minimum Gasteiger partial charge on any atom is -0.457 e. The molecular formula is C25H20N2O2. The lowest BCUT2D eigenvalue weighted by Crippen LogP contribution is -2.01. The zero-order chi connectivity index (χ0) is 20.2. The maximum absolute atomic E-state index is 12.6. The molecule has 0 radical (unpaired) electrons. The van der Waals surface area contributed by atoms with E-state index in [1.54, 1.807) is 30.3 Å². The van der Waals surface area contributed by atoms with E-state index in [-0.39, 0.29) is 5.78 Å². The normalized spacial score (nSPS) is 10.5. The van der Waals surface area contributed by atoms with Crippen molar-refractivity contribution < 1.29 is 9.53 Å². The van der Waals surface area contributed by atoms with Crippen LogP contribution in [0.1, 0.15) is 15.9 Å². The molecule has 142 valence electrons. The molecule has 0 amide bonds. The first-order chi connectivity index (χ1) is 14.1. The van der Waals surface area contributed by atoms with Crippen molar-refractivity contribution in [1.82, 2.24) is 0 Å². The number of benzene rings is 4. The van der Waals surface area contributed by atoms with Crippen LogP contribution >= 0.6 is 0 Å². The molecular weight excluding hydrogens is 360 g/mol. The third-order valence-electron chi connectivity index (χ3n) is 4.58. The van der Waals surface area contributed by atoms with Crippen molar-refractivity contribution in [3.63, 3.8) is 0 Å². The maximum atomic E-state index is 12.6. The van der Waals surface area contributed by atoms with Crippen molar-refractivity contribution >= 4 is 17.2 Å². The summed E-state index contributed by atoms with van der Waals surface area (Å²) < 4.78 is 5.82. The van der Waals surface area contributed by atoms with Gasteiger partial charge in [-0.05, 0) is 47.5 Å². The van der Waals surface area contributed by atoms with Crippen molar-refractivity contribution in [1.29, 1.82) is 0 Å². The minimum absolute atomic E-state index is 0.0465. The topological polar surface area (TPSA) is 78.3 Å². The predicted octanol–water partition coefficient (Wildman–Crippen LogP) is 5.54. The van der Waals surface area contributed by atoms with Gasteiger partial charge in [-0.1, -0.05) is 54.6 Å². The molecule has 0 fully saturated rings. The van der Waals surface area contributed by atoms with Gasteiger partial charge in [-0.2, -0.15) is 0 Å². The maximum Gasteiger partial charge on any atom is 0.193 e. The average molecular weight is 380 g/mol. The summed E-state index contributed by atoms with van der Waals surface area (Å²) in [6.07, 6.45) is 0. The molecule has 0 aromatic heterocycles. The molecule has 0 aliphatic heterocycles. The number of anilines is 2. The minimum atomic E-state index is -0.0465. The Kier molecular flexibility index (Phi) is 4.99. The monoisotopic (exact) mass is 380 g/mol. The van der Waals surface area contributed by atoms with Gasteiger partial charge >= 0.3 is 0 Å². The van der Waals surface area contributed by atoms with Gasteiger partial charge in [0.25, 0.3) is 0 Å². The molecule has 0 spiro atoms. The van der Waals surface area contributed by atoms with E-state index in [0.717, 1.165) is 16.9 Å². The van der Waals surface area contributed by atoms with E-state index in [0.29, 0.717) is 28.3 Å². The van der Waals surface area contributed by atoms with Gasteiger partial charge in [0.2, 0.25) is 0 Å². The van der Waals surface area contributed by atoms with E-state index >= 15 is 0 Å². The summed E-state index contributed by atoms with van der Waals surface area (Å²) in [4.78, 5) is 12.6. The summed E-state index contributed by atoms with van der Waals surface area (Å²) in [5.41, 5.74) is 16.1. The third kappa shape index (κ3) is 4.28. The van der Waals surface area contributed by atoms with Crippen molar-refractivity contribution in [3.8, 4) is 22.6 Å². The highest BCUT2D eigenvalue weighted by Crippen LogP contribution is 2.27. The Labute approximate surface area is 169 Å². The smallest absolute Gasteiger partial charge is 0.193 e. The molecule has 4 nitrogen and oxygen atoms in total. The van der Waals surface area contributed by atoms with Crippen molar-refractivity contribution in [2.45, 2.75) is 0 Å². The van der Waals surface area contributed by atoms with Crippen LogP contribution in [-0.4, -0.2) is 5.78 Å². The molecule has 0 saturated heterocycles. The van der Waals surface area contributed by atoms with Crippen LogP contribution in [-0.2, 0) is 0 Å². The van der Waals surface area contributed by atoms with E-state index in [4.69, 9.17) is 16.2 Å². The summed E-state index contributed by atoms with van der Waals surface area (Å²) in [5.74, 6) is 1.38. The number of carbonyl (C=O) groups excluding carboxylic acids is 1. The number of rotatable bonds is 5. The van der Waals surface area contributed by atoms with Gasteiger partial charge in [-0.3, -0.25) is 4.79 Å². The second-order valence-corrected chi connectivity index (χ2v) is 6.73. The fourth-order valence-corrected chi connectivity index (χ4v) is 3.09.